The predicted molar refractivity (Wildman–Crippen MR) is 98.2 cm³/mol. The first-order valence-corrected chi connectivity index (χ1v) is 8.56. The van der Waals surface area contributed by atoms with Gasteiger partial charge in [0.25, 0.3) is 17.4 Å². The number of carbonyl (C=O) groups excluding carboxylic acids is 3. The first-order chi connectivity index (χ1) is 13.5. The Morgan fingerprint density at radius 1 is 1.00 bits per heavy atom. The number of nitrogens with zero attached hydrogens (tertiary/aromatic N) is 1. The molecule has 2 amide bonds. The summed E-state index contributed by atoms with van der Waals surface area (Å²) in [5.74, 6) is -0.440. The van der Waals surface area contributed by atoms with Gasteiger partial charge in [-0.15, -0.1) is 0 Å². The Morgan fingerprint density at radius 3 is 2.29 bits per heavy atom. The van der Waals surface area contributed by atoms with Gasteiger partial charge in [0, 0.05) is 24.7 Å². The SMILES string of the molecule is CCOC(=O)Oc1ccc(C(=O)NCCCNC(=O)c2ccc(=O)[nH]n2)cc1. The van der Waals surface area contributed by atoms with E-state index in [1.807, 2.05) is 0 Å². The molecule has 0 spiro atoms. The van der Waals surface area contributed by atoms with Crippen molar-refractivity contribution in [2.45, 2.75) is 13.3 Å². The van der Waals surface area contributed by atoms with Gasteiger partial charge in [0.15, 0.2) is 0 Å². The second kappa shape index (κ2) is 10.5. The number of aromatic amines is 1. The van der Waals surface area contributed by atoms with Crippen LogP contribution in [-0.4, -0.2) is 47.9 Å². The molecule has 0 radical (unpaired) electrons. The maximum atomic E-state index is 12.1. The highest BCUT2D eigenvalue weighted by Gasteiger charge is 2.09. The zero-order chi connectivity index (χ0) is 20.4. The number of benzene rings is 1. The highest BCUT2D eigenvalue weighted by molar-refractivity contribution is 5.94. The standard InChI is InChI=1S/C18H20N4O6/c1-2-27-18(26)28-13-6-4-12(5-7-13)16(24)19-10-3-11-20-17(25)14-8-9-15(23)22-21-14/h4-9H,2-3,10-11H2,1H3,(H,19,24)(H,20,25)(H,22,23). The van der Waals surface area contributed by atoms with Crippen LogP contribution in [0.2, 0.25) is 0 Å². The third kappa shape index (κ3) is 6.56. The van der Waals surface area contributed by atoms with Gasteiger partial charge in [0.05, 0.1) is 6.61 Å². The Kier molecular flexibility index (Phi) is 7.70. The van der Waals surface area contributed by atoms with Crippen LogP contribution in [0, 0.1) is 0 Å². The van der Waals surface area contributed by atoms with Gasteiger partial charge in [0.1, 0.15) is 11.4 Å². The van der Waals surface area contributed by atoms with Gasteiger partial charge in [-0.25, -0.2) is 9.89 Å². The van der Waals surface area contributed by atoms with Crippen LogP contribution in [0.5, 0.6) is 5.75 Å². The molecular weight excluding hydrogens is 368 g/mol. The first kappa shape index (κ1) is 20.6. The number of carbonyl (C=O) groups is 3. The van der Waals surface area contributed by atoms with Crippen LogP contribution >= 0.6 is 0 Å². The average molecular weight is 388 g/mol. The van der Waals surface area contributed by atoms with Crippen molar-refractivity contribution in [3.8, 4) is 5.75 Å². The Balaban J connectivity index is 1.69. The molecule has 0 bridgehead atoms. The van der Waals surface area contributed by atoms with Crippen LogP contribution in [0.3, 0.4) is 0 Å². The number of ether oxygens (including phenoxy) is 2. The molecule has 1 aromatic heterocycles. The topological polar surface area (TPSA) is 139 Å². The monoisotopic (exact) mass is 388 g/mol. The fraction of sp³-hybridized carbons (Fsp3) is 0.278. The van der Waals surface area contributed by atoms with Gasteiger partial charge in [-0.2, -0.15) is 5.10 Å². The Bertz CT molecular complexity index is 858. The van der Waals surface area contributed by atoms with E-state index in [0.29, 0.717) is 25.1 Å². The summed E-state index contributed by atoms with van der Waals surface area (Å²) < 4.78 is 9.57. The van der Waals surface area contributed by atoms with Crippen molar-refractivity contribution in [3.63, 3.8) is 0 Å². The van der Waals surface area contributed by atoms with Crippen molar-refractivity contribution in [3.05, 3.63) is 58.0 Å². The molecule has 10 nitrogen and oxygen atoms in total. The number of nitrogens with one attached hydrogen (secondary N) is 3. The second-order valence-electron chi connectivity index (χ2n) is 5.48. The minimum absolute atomic E-state index is 0.105. The quantitative estimate of drug-likeness (QED) is 0.346. The number of aromatic nitrogens is 2. The third-order valence-electron chi connectivity index (χ3n) is 3.42. The Hall–Kier alpha value is -3.69. The molecule has 0 unspecified atom stereocenters. The van der Waals surface area contributed by atoms with Gasteiger partial charge in [-0.05, 0) is 43.7 Å². The van der Waals surface area contributed by atoms with Crippen LogP contribution < -0.4 is 20.9 Å². The summed E-state index contributed by atoms with van der Waals surface area (Å²) in [7, 11) is 0. The highest BCUT2D eigenvalue weighted by atomic mass is 16.7. The number of amides is 2. The number of rotatable bonds is 8. The summed E-state index contributed by atoms with van der Waals surface area (Å²) in [6.07, 6.45) is -0.302. The summed E-state index contributed by atoms with van der Waals surface area (Å²) in [4.78, 5) is 46.0. The molecule has 0 aliphatic heterocycles. The molecule has 148 valence electrons. The number of H-pyrrole nitrogens is 1. The molecule has 0 atom stereocenters. The van der Waals surface area contributed by atoms with Crippen molar-refractivity contribution < 1.29 is 23.9 Å². The molecule has 1 aromatic carbocycles. The zero-order valence-corrected chi connectivity index (χ0v) is 15.2. The van der Waals surface area contributed by atoms with Gasteiger partial charge in [0.2, 0.25) is 0 Å². The van der Waals surface area contributed by atoms with Crippen molar-refractivity contribution in [1.29, 1.82) is 0 Å². The van der Waals surface area contributed by atoms with Crippen LogP contribution in [0.25, 0.3) is 0 Å². The van der Waals surface area contributed by atoms with Crippen LogP contribution in [0.15, 0.2) is 41.2 Å². The molecule has 0 saturated carbocycles. The van der Waals surface area contributed by atoms with E-state index >= 15 is 0 Å². The van der Waals surface area contributed by atoms with E-state index < -0.39 is 12.1 Å². The van der Waals surface area contributed by atoms with Crippen LogP contribution in [0.1, 0.15) is 34.2 Å². The lowest BCUT2D eigenvalue weighted by molar-refractivity contribution is 0.0946. The lowest BCUT2D eigenvalue weighted by Gasteiger charge is -2.07. The van der Waals surface area contributed by atoms with E-state index in [9.17, 15) is 19.2 Å². The number of hydrogen-bond donors (Lipinski definition) is 3. The molecule has 28 heavy (non-hydrogen) atoms. The van der Waals surface area contributed by atoms with E-state index in [0.717, 1.165) is 0 Å². The molecule has 0 aliphatic rings. The van der Waals surface area contributed by atoms with E-state index in [1.165, 1.54) is 36.4 Å². The van der Waals surface area contributed by atoms with E-state index in [-0.39, 0.29) is 29.5 Å². The maximum Gasteiger partial charge on any atom is 0.513 e. The number of hydrogen-bond acceptors (Lipinski definition) is 7. The smallest absolute Gasteiger partial charge is 0.434 e. The predicted octanol–water partition coefficient (Wildman–Crippen LogP) is 0.855. The van der Waals surface area contributed by atoms with Crippen molar-refractivity contribution >= 4 is 18.0 Å². The largest absolute Gasteiger partial charge is 0.513 e. The Labute approximate surface area is 160 Å². The lowest BCUT2D eigenvalue weighted by atomic mass is 10.2. The summed E-state index contributed by atoms with van der Waals surface area (Å²) in [5, 5.41) is 11.1. The lowest BCUT2D eigenvalue weighted by Crippen LogP contribution is -2.30. The molecule has 1 heterocycles. The molecule has 3 N–H and O–H groups in total. The highest BCUT2D eigenvalue weighted by Crippen LogP contribution is 2.12. The second-order valence-corrected chi connectivity index (χ2v) is 5.48. The van der Waals surface area contributed by atoms with Crippen LogP contribution in [0.4, 0.5) is 4.79 Å². The van der Waals surface area contributed by atoms with Gasteiger partial charge >= 0.3 is 6.16 Å². The molecule has 10 heteroatoms. The minimum atomic E-state index is -0.807. The van der Waals surface area contributed by atoms with Gasteiger partial charge in [-0.3, -0.25) is 14.4 Å². The normalized spacial score (nSPS) is 10.0. The molecule has 0 fully saturated rings. The molecule has 2 rings (SSSR count). The van der Waals surface area contributed by atoms with E-state index in [1.54, 1.807) is 6.92 Å². The molecular formula is C18H20N4O6. The van der Waals surface area contributed by atoms with Gasteiger partial charge in [-0.1, -0.05) is 0 Å². The summed E-state index contributed by atoms with van der Waals surface area (Å²) >= 11 is 0. The third-order valence-corrected chi connectivity index (χ3v) is 3.42. The maximum absolute atomic E-state index is 12.1. The molecule has 0 aliphatic carbocycles. The fourth-order valence-corrected chi connectivity index (χ4v) is 2.07. The van der Waals surface area contributed by atoms with Crippen molar-refractivity contribution in [2.75, 3.05) is 19.7 Å². The minimum Gasteiger partial charge on any atom is -0.434 e. The van der Waals surface area contributed by atoms with Crippen molar-refractivity contribution in [1.82, 2.24) is 20.8 Å². The van der Waals surface area contributed by atoms with Gasteiger partial charge < -0.3 is 20.1 Å². The molecule has 0 saturated heterocycles. The summed E-state index contributed by atoms with van der Waals surface area (Å²) in [6, 6.07) is 8.56. The van der Waals surface area contributed by atoms with E-state index in [2.05, 4.69) is 25.6 Å². The average Bonchev–Trinajstić information content (AvgIpc) is 2.68. The first-order valence-electron chi connectivity index (χ1n) is 8.56. The Morgan fingerprint density at radius 2 is 1.68 bits per heavy atom. The summed E-state index contributed by atoms with van der Waals surface area (Å²) in [5.41, 5.74) is 0.117. The van der Waals surface area contributed by atoms with Crippen molar-refractivity contribution in [2.24, 2.45) is 0 Å². The van der Waals surface area contributed by atoms with Crippen LogP contribution in [-0.2, 0) is 4.74 Å². The fourth-order valence-electron chi connectivity index (χ4n) is 2.07. The zero-order valence-electron chi connectivity index (χ0n) is 15.2. The molecule has 2 aromatic rings. The summed E-state index contributed by atoms with van der Waals surface area (Å²) in [6.45, 7) is 2.55. The van der Waals surface area contributed by atoms with E-state index in [4.69, 9.17) is 4.74 Å².